The summed E-state index contributed by atoms with van der Waals surface area (Å²) in [6.07, 6.45) is 0.948. The van der Waals surface area contributed by atoms with E-state index in [1.165, 1.54) is 4.90 Å². The van der Waals surface area contributed by atoms with Crippen molar-refractivity contribution in [2.24, 2.45) is 5.41 Å². The quantitative estimate of drug-likeness (QED) is 0.791. The topological polar surface area (TPSA) is 69.6 Å². The monoisotopic (exact) mass is 242 g/mol. The summed E-state index contributed by atoms with van der Waals surface area (Å²) >= 11 is 0. The van der Waals surface area contributed by atoms with E-state index in [-0.39, 0.29) is 24.0 Å². The van der Waals surface area contributed by atoms with Crippen molar-refractivity contribution in [3.8, 4) is 0 Å². The molecule has 0 heterocycles. The molecule has 0 aliphatic heterocycles. The fourth-order valence-electron chi connectivity index (χ4n) is 1.69. The maximum absolute atomic E-state index is 12.0. The third-order valence-electron chi connectivity index (χ3n) is 3.16. The van der Waals surface area contributed by atoms with Gasteiger partial charge in [-0.2, -0.15) is 0 Å². The van der Waals surface area contributed by atoms with Crippen molar-refractivity contribution in [1.82, 2.24) is 10.2 Å². The molecule has 1 saturated carbocycles. The number of carboxylic acids is 1. The van der Waals surface area contributed by atoms with E-state index in [2.05, 4.69) is 19.2 Å². The Morgan fingerprint density at radius 2 is 1.88 bits per heavy atom. The lowest BCUT2D eigenvalue weighted by atomic mass is 10.1. The van der Waals surface area contributed by atoms with Crippen molar-refractivity contribution >= 4 is 12.0 Å². The van der Waals surface area contributed by atoms with Crippen LogP contribution in [0.5, 0.6) is 0 Å². The van der Waals surface area contributed by atoms with Crippen LogP contribution in [0.2, 0.25) is 0 Å². The highest BCUT2D eigenvalue weighted by atomic mass is 16.4. The molecule has 1 unspecified atom stereocenters. The zero-order chi connectivity index (χ0) is 13.4. The smallest absolute Gasteiger partial charge is 0.323 e. The van der Waals surface area contributed by atoms with E-state index in [1.807, 2.05) is 20.8 Å². The van der Waals surface area contributed by atoms with E-state index < -0.39 is 11.5 Å². The Hall–Kier alpha value is -1.26. The van der Waals surface area contributed by atoms with Gasteiger partial charge in [-0.1, -0.05) is 13.8 Å². The number of rotatable bonds is 3. The van der Waals surface area contributed by atoms with Gasteiger partial charge < -0.3 is 15.3 Å². The average Bonchev–Trinajstić information content (AvgIpc) is 2.67. The molecule has 0 spiro atoms. The molecule has 98 valence electrons. The molecular weight excluding hydrogens is 220 g/mol. The second kappa shape index (κ2) is 4.20. The van der Waals surface area contributed by atoms with E-state index in [1.54, 1.807) is 0 Å². The van der Waals surface area contributed by atoms with Gasteiger partial charge in [-0.15, -0.1) is 0 Å². The van der Waals surface area contributed by atoms with Gasteiger partial charge in [0.05, 0.1) is 0 Å². The second-order valence-corrected chi connectivity index (χ2v) is 6.35. The fourth-order valence-corrected chi connectivity index (χ4v) is 1.69. The van der Waals surface area contributed by atoms with Gasteiger partial charge in [-0.25, -0.2) is 4.79 Å². The maximum atomic E-state index is 12.0. The number of hydrogen-bond acceptors (Lipinski definition) is 2. The van der Waals surface area contributed by atoms with Gasteiger partial charge in [0.25, 0.3) is 0 Å². The summed E-state index contributed by atoms with van der Waals surface area (Å²) in [5.74, 6) is -0.995. The molecule has 2 N–H and O–H groups in total. The molecule has 1 fully saturated rings. The SMILES string of the molecule is CC1(C)CC1NC(=O)N(CC(=O)O)C(C)(C)C. The summed E-state index contributed by atoms with van der Waals surface area (Å²) in [5, 5.41) is 11.7. The maximum Gasteiger partial charge on any atom is 0.323 e. The minimum Gasteiger partial charge on any atom is -0.480 e. The number of urea groups is 1. The summed E-state index contributed by atoms with van der Waals surface area (Å²) in [6, 6.07) is -0.135. The minimum absolute atomic E-state index is 0.141. The molecule has 0 saturated heterocycles. The van der Waals surface area contributed by atoms with Crippen molar-refractivity contribution in [1.29, 1.82) is 0 Å². The molecule has 17 heavy (non-hydrogen) atoms. The van der Waals surface area contributed by atoms with E-state index in [9.17, 15) is 9.59 Å². The first kappa shape index (κ1) is 13.8. The van der Waals surface area contributed by atoms with Crippen molar-refractivity contribution in [2.45, 2.75) is 52.6 Å². The predicted octanol–water partition coefficient (Wildman–Crippen LogP) is 1.68. The van der Waals surface area contributed by atoms with Crippen molar-refractivity contribution in [2.75, 3.05) is 6.54 Å². The van der Waals surface area contributed by atoms with Crippen LogP contribution in [0.15, 0.2) is 0 Å². The van der Waals surface area contributed by atoms with Gasteiger partial charge in [0.2, 0.25) is 0 Å². The van der Waals surface area contributed by atoms with Gasteiger partial charge in [-0.05, 0) is 32.6 Å². The average molecular weight is 242 g/mol. The van der Waals surface area contributed by atoms with E-state index in [0.717, 1.165) is 6.42 Å². The predicted molar refractivity (Wildman–Crippen MR) is 64.8 cm³/mol. The zero-order valence-electron chi connectivity index (χ0n) is 11.2. The Labute approximate surface area is 102 Å². The molecule has 2 amide bonds. The fraction of sp³-hybridized carbons (Fsp3) is 0.833. The van der Waals surface area contributed by atoms with Crippen LogP contribution in [-0.2, 0) is 4.79 Å². The highest BCUT2D eigenvalue weighted by Gasteiger charge is 2.47. The van der Waals surface area contributed by atoms with Crippen LogP contribution < -0.4 is 5.32 Å². The molecule has 0 aromatic rings. The van der Waals surface area contributed by atoms with Gasteiger partial charge in [0, 0.05) is 11.6 Å². The molecule has 1 aliphatic rings. The lowest BCUT2D eigenvalue weighted by molar-refractivity contribution is -0.138. The molecule has 5 heteroatoms. The Morgan fingerprint density at radius 1 is 1.41 bits per heavy atom. The van der Waals surface area contributed by atoms with Gasteiger partial charge in [0.1, 0.15) is 6.54 Å². The number of aliphatic carboxylic acids is 1. The van der Waals surface area contributed by atoms with E-state index in [0.29, 0.717) is 0 Å². The Bertz CT molecular complexity index is 331. The normalized spacial score (nSPS) is 21.8. The summed E-state index contributed by atoms with van der Waals surface area (Å²) in [5.41, 5.74) is -0.357. The standard InChI is InChI=1S/C12H22N2O3/c1-11(2,3)14(7-9(15)16)10(17)13-8-6-12(8,4)5/h8H,6-7H2,1-5H3,(H,13,17)(H,15,16). The third-order valence-corrected chi connectivity index (χ3v) is 3.16. The molecule has 1 aliphatic carbocycles. The van der Waals surface area contributed by atoms with Crippen LogP contribution in [0.3, 0.4) is 0 Å². The van der Waals surface area contributed by atoms with Crippen molar-refractivity contribution in [3.63, 3.8) is 0 Å². The summed E-state index contributed by atoms with van der Waals surface area (Å²) in [7, 11) is 0. The van der Waals surface area contributed by atoms with Crippen LogP contribution in [-0.4, -0.2) is 40.1 Å². The summed E-state index contributed by atoms with van der Waals surface area (Å²) < 4.78 is 0. The number of carboxylic acid groups (broad SMARTS) is 1. The Balaban J connectivity index is 2.64. The number of hydrogen-bond donors (Lipinski definition) is 2. The second-order valence-electron chi connectivity index (χ2n) is 6.35. The Kier molecular flexibility index (Phi) is 3.41. The number of carbonyl (C=O) groups is 2. The highest BCUT2D eigenvalue weighted by molar-refractivity contribution is 5.81. The minimum atomic E-state index is -0.995. The third kappa shape index (κ3) is 3.61. The van der Waals surface area contributed by atoms with Crippen molar-refractivity contribution in [3.05, 3.63) is 0 Å². The number of nitrogens with one attached hydrogen (secondary N) is 1. The molecule has 1 atom stereocenters. The molecule has 5 nitrogen and oxygen atoms in total. The summed E-state index contributed by atoms with van der Waals surface area (Å²) in [4.78, 5) is 24.1. The van der Waals surface area contributed by atoms with Crippen LogP contribution in [0.1, 0.15) is 41.0 Å². The number of carbonyl (C=O) groups excluding carboxylic acids is 1. The molecule has 0 radical (unpaired) electrons. The number of nitrogens with zero attached hydrogens (tertiary/aromatic N) is 1. The summed E-state index contributed by atoms with van der Waals surface area (Å²) in [6.45, 7) is 9.37. The molecule has 0 bridgehead atoms. The van der Waals surface area contributed by atoms with Crippen LogP contribution in [0.4, 0.5) is 4.79 Å². The zero-order valence-corrected chi connectivity index (χ0v) is 11.2. The largest absolute Gasteiger partial charge is 0.480 e. The Morgan fingerprint density at radius 3 is 2.18 bits per heavy atom. The molecule has 0 aromatic carbocycles. The molecule has 1 rings (SSSR count). The van der Waals surface area contributed by atoms with Crippen LogP contribution in [0.25, 0.3) is 0 Å². The lowest BCUT2D eigenvalue weighted by Crippen LogP contribution is -2.53. The highest BCUT2D eigenvalue weighted by Crippen LogP contribution is 2.44. The van der Waals surface area contributed by atoms with Crippen LogP contribution in [0, 0.1) is 5.41 Å². The van der Waals surface area contributed by atoms with Gasteiger partial charge in [-0.3, -0.25) is 4.79 Å². The van der Waals surface area contributed by atoms with Gasteiger partial charge in [0.15, 0.2) is 0 Å². The van der Waals surface area contributed by atoms with E-state index >= 15 is 0 Å². The molecular formula is C12H22N2O3. The first-order valence-electron chi connectivity index (χ1n) is 5.84. The molecule has 0 aromatic heterocycles. The first-order chi connectivity index (χ1) is 7.54. The van der Waals surface area contributed by atoms with Crippen molar-refractivity contribution < 1.29 is 14.7 Å². The van der Waals surface area contributed by atoms with E-state index in [4.69, 9.17) is 5.11 Å². The number of amides is 2. The first-order valence-corrected chi connectivity index (χ1v) is 5.84. The van der Waals surface area contributed by atoms with Crippen LogP contribution >= 0.6 is 0 Å². The van der Waals surface area contributed by atoms with Gasteiger partial charge >= 0.3 is 12.0 Å². The lowest BCUT2D eigenvalue weighted by Gasteiger charge is -2.34.